The van der Waals surface area contributed by atoms with Crippen LogP contribution < -0.4 is 4.57 Å². The molecule has 0 atom stereocenters. The summed E-state index contributed by atoms with van der Waals surface area (Å²) < 4.78 is 2.39. The lowest BCUT2D eigenvalue weighted by molar-refractivity contribution is -0.716. The minimum Gasteiger partial charge on any atom is -0.203 e. The number of unbranched alkanes of at least 4 members (excludes halogenated alkanes) is 4. The van der Waals surface area contributed by atoms with Crippen LogP contribution in [-0.4, -0.2) is 0 Å². The van der Waals surface area contributed by atoms with Crippen LogP contribution in [0.1, 0.15) is 83.4 Å². The van der Waals surface area contributed by atoms with Crippen LogP contribution in [0.25, 0.3) is 0 Å². The Labute approximate surface area is 120 Å². The van der Waals surface area contributed by atoms with Gasteiger partial charge in [0.15, 0.2) is 18.4 Å². The predicted molar refractivity (Wildman–Crippen MR) is 83.5 cm³/mol. The lowest BCUT2D eigenvalue weighted by atomic mass is 10.0. The largest absolute Gasteiger partial charge is 0.203 e. The van der Waals surface area contributed by atoms with E-state index in [-0.39, 0.29) is 0 Å². The molecule has 0 aliphatic carbocycles. The fourth-order valence-electron chi connectivity index (χ4n) is 2.46. The van der Waals surface area contributed by atoms with Crippen molar-refractivity contribution in [1.29, 1.82) is 0 Å². The van der Waals surface area contributed by atoms with E-state index in [1.165, 1.54) is 62.5 Å². The number of aryl methyl sites for hydroxylation is 2. The first kappa shape index (κ1) is 16.2. The maximum atomic E-state index is 2.43. The summed E-state index contributed by atoms with van der Waals surface area (Å²) in [5, 5.41) is 0. The van der Waals surface area contributed by atoms with E-state index in [0.717, 1.165) is 0 Å². The Morgan fingerprint density at radius 2 is 1.32 bits per heavy atom. The third-order valence-corrected chi connectivity index (χ3v) is 3.73. The molecule has 0 unspecified atom stereocenters. The quantitative estimate of drug-likeness (QED) is 0.434. The van der Waals surface area contributed by atoms with Crippen molar-refractivity contribution in [3.8, 4) is 0 Å². The van der Waals surface area contributed by atoms with Crippen molar-refractivity contribution < 1.29 is 4.57 Å². The molecule has 0 saturated carbocycles. The molecule has 0 aromatic carbocycles. The van der Waals surface area contributed by atoms with Gasteiger partial charge >= 0.3 is 0 Å². The number of aromatic nitrogens is 1. The van der Waals surface area contributed by atoms with Gasteiger partial charge < -0.3 is 0 Å². The molecule has 0 aliphatic rings. The minimum atomic E-state index is 0.566. The second kappa shape index (κ2) is 9.12. The Bertz CT molecular complexity index is 326. The molecule has 1 rings (SSSR count). The molecule has 0 spiro atoms. The van der Waals surface area contributed by atoms with Gasteiger partial charge in [0.25, 0.3) is 0 Å². The molecule has 0 bridgehead atoms. The first-order valence-corrected chi connectivity index (χ1v) is 8.21. The summed E-state index contributed by atoms with van der Waals surface area (Å²) in [6.45, 7) is 9.09. The first-order valence-electron chi connectivity index (χ1n) is 8.21. The van der Waals surface area contributed by atoms with Crippen LogP contribution in [0, 0.1) is 0 Å². The second-order valence-electron chi connectivity index (χ2n) is 6.01. The monoisotopic (exact) mass is 262 g/mol. The van der Waals surface area contributed by atoms with Gasteiger partial charge in [-0.15, -0.1) is 0 Å². The van der Waals surface area contributed by atoms with Gasteiger partial charge in [-0.3, -0.25) is 0 Å². The summed E-state index contributed by atoms with van der Waals surface area (Å²) in [7, 11) is 0. The Morgan fingerprint density at radius 1 is 0.842 bits per heavy atom. The normalized spacial score (nSPS) is 11.2. The summed E-state index contributed by atoms with van der Waals surface area (Å²) in [4.78, 5) is 0. The van der Waals surface area contributed by atoms with Crippen LogP contribution in [0.3, 0.4) is 0 Å². The molecule has 1 heteroatoms. The zero-order chi connectivity index (χ0) is 14.1. The minimum absolute atomic E-state index is 0.566. The average molecular weight is 262 g/mol. The number of pyridine rings is 1. The van der Waals surface area contributed by atoms with Crippen molar-refractivity contribution in [1.82, 2.24) is 0 Å². The molecule has 0 saturated heterocycles. The smallest absolute Gasteiger partial charge is 0.172 e. The van der Waals surface area contributed by atoms with Crippen LogP contribution >= 0.6 is 0 Å². The van der Waals surface area contributed by atoms with Gasteiger partial charge in [-0.25, -0.2) is 4.57 Å². The van der Waals surface area contributed by atoms with E-state index in [1.54, 1.807) is 0 Å². The van der Waals surface area contributed by atoms with Gasteiger partial charge in [-0.1, -0.05) is 39.5 Å². The highest BCUT2D eigenvalue weighted by atomic mass is 15.0. The third kappa shape index (κ3) is 6.22. The summed E-state index contributed by atoms with van der Waals surface area (Å²) in [6.07, 6.45) is 15.1. The molecule has 0 radical (unpaired) electrons. The van der Waals surface area contributed by atoms with Gasteiger partial charge in [0.1, 0.15) is 0 Å². The molecule has 1 aromatic heterocycles. The summed E-state index contributed by atoms with van der Waals surface area (Å²) >= 11 is 0. The van der Waals surface area contributed by atoms with Gasteiger partial charge in [0.2, 0.25) is 0 Å². The van der Waals surface area contributed by atoms with Crippen molar-refractivity contribution >= 4 is 0 Å². The van der Waals surface area contributed by atoms with Crippen molar-refractivity contribution in [2.45, 2.75) is 85.1 Å². The van der Waals surface area contributed by atoms with E-state index < -0.39 is 0 Å². The Hall–Kier alpha value is -0.850. The number of nitrogens with zero attached hydrogens (tertiary/aromatic N) is 1. The number of hydrogen-bond donors (Lipinski definition) is 0. The van der Waals surface area contributed by atoms with Crippen LogP contribution in [-0.2, 0) is 12.8 Å². The highest BCUT2D eigenvalue weighted by molar-refractivity contribution is 5.15. The van der Waals surface area contributed by atoms with Crippen LogP contribution in [0.15, 0.2) is 18.5 Å². The molecule has 1 nitrogen and oxygen atoms in total. The van der Waals surface area contributed by atoms with Crippen molar-refractivity contribution in [2.75, 3.05) is 0 Å². The first-order chi connectivity index (χ1) is 9.17. The number of rotatable bonds is 9. The van der Waals surface area contributed by atoms with Crippen LogP contribution in [0.4, 0.5) is 0 Å². The summed E-state index contributed by atoms with van der Waals surface area (Å²) in [5.41, 5.74) is 3.05. The average Bonchev–Trinajstić information content (AvgIpc) is 2.39. The molecule has 0 N–H and O–H groups in total. The summed E-state index contributed by atoms with van der Waals surface area (Å²) in [5.74, 6) is 0. The van der Waals surface area contributed by atoms with E-state index in [2.05, 4.69) is 50.7 Å². The van der Waals surface area contributed by atoms with E-state index in [4.69, 9.17) is 0 Å². The van der Waals surface area contributed by atoms with E-state index >= 15 is 0 Å². The lowest BCUT2D eigenvalue weighted by Crippen LogP contribution is -2.36. The van der Waals surface area contributed by atoms with Gasteiger partial charge in [-0.05, 0) is 45.6 Å². The number of hydrogen-bond acceptors (Lipinski definition) is 0. The Balaban J connectivity index is 2.72. The predicted octanol–water partition coefficient (Wildman–Crippen LogP) is 5.02. The van der Waals surface area contributed by atoms with E-state index in [1.807, 2.05) is 0 Å². The van der Waals surface area contributed by atoms with Crippen molar-refractivity contribution in [3.05, 3.63) is 29.6 Å². The molecule has 108 valence electrons. The standard InChI is InChI=1S/C18H32N/c1-5-7-9-11-17-13-18(12-10-8-6-2)15-19(14-17)16(3)4/h13-16H,5-12H2,1-4H3/q+1. The molecule has 1 heterocycles. The van der Waals surface area contributed by atoms with Crippen molar-refractivity contribution in [3.63, 3.8) is 0 Å². The maximum absolute atomic E-state index is 2.43. The Morgan fingerprint density at radius 3 is 1.68 bits per heavy atom. The molecular formula is C18H32N+. The van der Waals surface area contributed by atoms with Gasteiger partial charge in [0, 0.05) is 11.1 Å². The van der Waals surface area contributed by atoms with Crippen LogP contribution in [0.2, 0.25) is 0 Å². The molecular weight excluding hydrogens is 230 g/mol. The lowest BCUT2D eigenvalue weighted by Gasteiger charge is -2.07. The SMILES string of the molecule is CCCCCc1cc(CCCCC)c[n+](C(C)C)c1. The molecule has 19 heavy (non-hydrogen) atoms. The fraction of sp³-hybridized carbons (Fsp3) is 0.722. The van der Waals surface area contributed by atoms with E-state index in [0.29, 0.717) is 6.04 Å². The third-order valence-electron chi connectivity index (χ3n) is 3.73. The zero-order valence-corrected chi connectivity index (χ0v) is 13.4. The Kier molecular flexibility index (Phi) is 7.78. The van der Waals surface area contributed by atoms with Crippen LogP contribution in [0.5, 0.6) is 0 Å². The fourth-order valence-corrected chi connectivity index (χ4v) is 2.46. The van der Waals surface area contributed by atoms with E-state index in [9.17, 15) is 0 Å². The second-order valence-corrected chi connectivity index (χ2v) is 6.01. The maximum Gasteiger partial charge on any atom is 0.172 e. The highest BCUT2D eigenvalue weighted by Crippen LogP contribution is 2.11. The van der Waals surface area contributed by atoms with Crippen molar-refractivity contribution in [2.24, 2.45) is 0 Å². The summed E-state index contributed by atoms with van der Waals surface area (Å²) in [6, 6.07) is 3.00. The molecule has 1 aromatic rings. The zero-order valence-electron chi connectivity index (χ0n) is 13.4. The topological polar surface area (TPSA) is 3.88 Å². The highest BCUT2D eigenvalue weighted by Gasteiger charge is 2.10. The molecule has 0 amide bonds. The van der Waals surface area contributed by atoms with Gasteiger partial charge in [-0.2, -0.15) is 0 Å². The van der Waals surface area contributed by atoms with Gasteiger partial charge in [0.05, 0.1) is 0 Å². The molecule has 0 fully saturated rings. The molecule has 0 aliphatic heterocycles.